The number of hydrogen-bond donors (Lipinski definition) is 0. The zero-order valence-electron chi connectivity index (χ0n) is 9.06. The van der Waals surface area contributed by atoms with E-state index < -0.39 is 0 Å². The molecule has 1 aliphatic rings. The molecule has 1 atom stereocenters. The molecule has 1 aliphatic heterocycles. The molecule has 3 heteroatoms. The molecule has 1 unspecified atom stereocenters. The molecule has 0 aromatic rings. The van der Waals surface area contributed by atoms with Crippen LogP contribution in [0.15, 0.2) is 0 Å². The summed E-state index contributed by atoms with van der Waals surface area (Å²) in [6.07, 6.45) is 5.25. The van der Waals surface area contributed by atoms with Gasteiger partial charge in [0, 0.05) is 17.4 Å². The van der Waals surface area contributed by atoms with E-state index in [0.29, 0.717) is 5.41 Å². The van der Waals surface area contributed by atoms with Gasteiger partial charge in [0.15, 0.2) is 0 Å². The molecule has 1 saturated heterocycles. The van der Waals surface area contributed by atoms with Crippen molar-refractivity contribution >= 4 is 27.7 Å². The zero-order chi connectivity index (χ0) is 10.3. The van der Waals surface area contributed by atoms with Crippen LogP contribution in [0, 0.1) is 5.41 Å². The number of alkyl halides is 1. The van der Waals surface area contributed by atoms with Crippen molar-refractivity contribution in [1.29, 1.82) is 0 Å². The smallest absolute Gasteiger partial charge is 0.0530 e. The Morgan fingerprint density at radius 1 is 1.50 bits per heavy atom. The van der Waals surface area contributed by atoms with Crippen LogP contribution in [-0.4, -0.2) is 30.0 Å². The Hall–Kier alpha value is 0.790. The van der Waals surface area contributed by atoms with Crippen molar-refractivity contribution in [2.24, 2.45) is 5.41 Å². The molecule has 1 rings (SSSR count). The van der Waals surface area contributed by atoms with Gasteiger partial charge in [0.2, 0.25) is 0 Å². The normalized spacial score (nSPS) is 27.9. The Kier molecular flexibility index (Phi) is 6.55. The van der Waals surface area contributed by atoms with Crippen LogP contribution in [0.4, 0.5) is 0 Å². The minimum atomic E-state index is 0.451. The average Bonchev–Trinajstić information content (AvgIpc) is 2.26. The van der Waals surface area contributed by atoms with Crippen LogP contribution in [0.2, 0.25) is 0 Å². The summed E-state index contributed by atoms with van der Waals surface area (Å²) in [5.74, 6) is 2.56. The summed E-state index contributed by atoms with van der Waals surface area (Å²) in [5.41, 5.74) is 0.451. The highest BCUT2D eigenvalue weighted by atomic mass is 79.9. The Bertz CT molecular complexity index is 146. The van der Waals surface area contributed by atoms with Crippen molar-refractivity contribution < 1.29 is 4.74 Å². The molecule has 0 aliphatic carbocycles. The predicted molar refractivity (Wildman–Crippen MR) is 68.5 cm³/mol. The SMILES string of the molecule is CCSCCCC1(CBr)CCCOC1. The average molecular weight is 281 g/mol. The third kappa shape index (κ3) is 4.11. The molecule has 84 valence electrons. The van der Waals surface area contributed by atoms with Crippen LogP contribution in [0.3, 0.4) is 0 Å². The molecule has 0 N–H and O–H groups in total. The first-order valence-electron chi connectivity index (χ1n) is 5.54. The van der Waals surface area contributed by atoms with E-state index in [1.54, 1.807) is 0 Å². The molecule has 0 spiro atoms. The van der Waals surface area contributed by atoms with Crippen molar-refractivity contribution in [3.05, 3.63) is 0 Å². The van der Waals surface area contributed by atoms with E-state index in [-0.39, 0.29) is 0 Å². The number of thioether (sulfide) groups is 1. The molecule has 14 heavy (non-hydrogen) atoms. The van der Waals surface area contributed by atoms with Crippen molar-refractivity contribution in [3.63, 3.8) is 0 Å². The summed E-state index contributed by atoms with van der Waals surface area (Å²) in [6.45, 7) is 4.17. The van der Waals surface area contributed by atoms with Crippen LogP contribution in [0.5, 0.6) is 0 Å². The third-order valence-electron chi connectivity index (χ3n) is 2.89. The van der Waals surface area contributed by atoms with E-state index in [0.717, 1.165) is 18.5 Å². The molecule has 0 aromatic heterocycles. The standard InChI is InChI=1S/C11H21BrOS/c1-2-14-8-4-6-11(9-12)5-3-7-13-10-11/h2-10H2,1H3. The lowest BCUT2D eigenvalue weighted by molar-refractivity contribution is 0.00131. The van der Waals surface area contributed by atoms with Gasteiger partial charge in [-0.15, -0.1) is 0 Å². The molecular formula is C11H21BrOS. The Morgan fingerprint density at radius 2 is 2.36 bits per heavy atom. The Morgan fingerprint density at radius 3 is 2.93 bits per heavy atom. The van der Waals surface area contributed by atoms with Gasteiger partial charge in [-0.1, -0.05) is 22.9 Å². The van der Waals surface area contributed by atoms with Gasteiger partial charge in [-0.2, -0.15) is 11.8 Å². The number of hydrogen-bond acceptors (Lipinski definition) is 2. The van der Waals surface area contributed by atoms with Crippen molar-refractivity contribution in [3.8, 4) is 0 Å². The Labute approximate surface area is 100 Å². The second-order valence-corrected chi connectivity index (χ2v) is 6.04. The summed E-state index contributed by atoms with van der Waals surface area (Å²) in [4.78, 5) is 0. The molecule has 0 amide bonds. The molecule has 0 aromatic carbocycles. The lowest BCUT2D eigenvalue weighted by Crippen LogP contribution is -2.33. The highest BCUT2D eigenvalue weighted by Gasteiger charge is 2.30. The quantitative estimate of drug-likeness (QED) is 0.542. The third-order valence-corrected chi connectivity index (χ3v) is 5.06. The zero-order valence-corrected chi connectivity index (χ0v) is 11.5. The first kappa shape index (κ1) is 12.9. The first-order valence-corrected chi connectivity index (χ1v) is 7.82. The van der Waals surface area contributed by atoms with Gasteiger partial charge < -0.3 is 4.74 Å². The van der Waals surface area contributed by atoms with Crippen LogP contribution in [0.25, 0.3) is 0 Å². The van der Waals surface area contributed by atoms with Gasteiger partial charge in [-0.3, -0.25) is 0 Å². The predicted octanol–water partition coefficient (Wildman–Crippen LogP) is 3.71. The topological polar surface area (TPSA) is 9.23 Å². The fraction of sp³-hybridized carbons (Fsp3) is 1.00. The van der Waals surface area contributed by atoms with Gasteiger partial charge in [-0.05, 0) is 37.2 Å². The maximum absolute atomic E-state index is 5.60. The van der Waals surface area contributed by atoms with Crippen LogP contribution >= 0.6 is 27.7 Å². The minimum absolute atomic E-state index is 0.451. The first-order chi connectivity index (χ1) is 6.83. The lowest BCUT2D eigenvalue weighted by atomic mass is 9.81. The van der Waals surface area contributed by atoms with Gasteiger partial charge in [-0.25, -0.2) is 0 Å². The molecule has 1 heterocycles. The molecule has 0 bridgehead atoms. The fourth-order valence-electron chi connectivity index (χ4n) is 1.97. The summed E-state index contributed by atoms with van der Waals surface area (Å²) in [7, 11) is 0. The monoisotopic (exact) mass is 280 g/mol. The second-order valence-electron chi connectivity index (χ2n) is 4.09. The van der Waals surface area contributed by atoms with Crippen LogP contribution in [-0.2, 0) is 4.74 Å². The van der Waals surface area contributed by atoms with E-state index in [4.69, 9.17) is 4.74 Å². The van der Waals surface area contributed by atoms with Crippen LogP contribution < -0.4 is 0 Å². The van der Waals surface area contributed by atoms with E-state index in [1.807, 2.05) is 11.8 Å². The minimum Gasteiger partial charge on any atom is -0.381 e. The highest BCUT2D eigenvalue weighted by Crippen LogP contribution is 2.35. The van der Waals surface area contributed by atoms with Gasteiger partial charge in [0.25, 0.3) is 0 Å². The number of rotatable bonds is 6. The van der Waals surface area contributed by atoms with Gasteiger partial charge in [0.05, 0.1) is 6.61 Å². The second kappa shape index (κ2) is 7.13. The van der Waals surface area contributed by atoms with Crippen molar-refractivity contribution in [2.45, 2.75) is 32.6 Å². The number of ether oxygens (including phenoxy) is 1. The maximum atomic E-state index is 5.60. The summed E-state index contributed by atoms with van der Waals surface area (Å²) in [6, 6.07) is 0. The molecule has 1 fully saturated rings. The van der Waals surface area contributed by atoms with E-state index in [1.165, 1.54) is 37.2 Å². The van der Waals surface area contributed by atoms with Gasteiger partial charge in [0.1, 0.15) is 0 Å². The molecular weight excluding hydrogens is 260 g/mol. The maximum Gasteiger partial charge on any atom is 0.0530 e. The summed E-state index contributed by atoms with van der Waals surface area (Å²) >= 11 is 5.70. The summed E-state index contributed by atoms with van der Waals surface area (Å²) < 4.78 is 5.60. The van der Waals surface area contributed by atoms with Crippen molar-refractivity contribution in [2.75, 3.05) is 30.0 Å². The molecule has 0 radical (unpaired) electrons. The number of halogens is 1. The highest BCUT2D eigenvalue weighted by molar-refractivity contribution is 9.09. The fourth-order valence-corrected chi connectivity index (χ4v) is 3.33. The largest absolute Gasteiger partial charge is 0.381 e. The van der Waals surface area contributed by atoms with Crippen molar-refractivity contribution in [1.82, 2.24) is 0 Å². The lowest BCUT2D eigenvalue weighted by Gasteiger charge is -2.35. The van der Waals surface area contributed by atoms with Crippen LogP contribution in [0.1, 0.15) is 32.6 Å². The molecule has 0 saturated carbocycles. The Balaban J connectivity index is 2.22. The molecule has 1 nitrogen and oxygen atoms in total. The summed E-state index contributed by atoms with van der Waals surface area (Å²) in [5, 5.41) is 1.11. The van der Waals surface area contributed by atoms with Gasteiger partial charge >= 0.3 is 0 Å². The van der Waals surface area contributed by atoms with E-state index >= 15 is 0 Å². The van der Waals surface area contributed by atoms with E-state index in [9.17, 15) is 0 Å². The van der Waals surface area contributed by atoms with E-state index in [2.05, 4.69) is 22.9 Å².